The summed E-state index contributed by atoms with van der Waals surface area (Å²) in [6, 6.07) is 10.3. The molecule has 3 rings (SSSR count). The number of ether oxygens (including phenoxy) is 1. The van der Waals surface area contributed by atoms with E-state index in [0.29, 0.717) is 27.0 Å². The van der Waals surface area contributed by atoms with Crippen LogP contribution in [-0.4, -0.2) is 17.1 Å². The summed E-state index contributed by atoms with van der Waals surface area (Å²) in [7, 11) is 1.55. The Morgan fingerprint density at radius 3 is 2.71 bits per heavy atom. The van der Waals surface area contributed by atoms with Crippen LogP contribution in [0.2, 0.25) is 5.15 Å². The van der Waals surface area contributed by atoms with Gasteiger partial charge in [0, 0.05) is 9.86 Å². The molecule has 6 heteroatoms. The Bertz CT molecular complexity index is 841. The van der Waals surface area contributed by atoms with Gasteiger partial charge in [0.15, 0.2) is 11.6 Å². The molecule has 2 aromatic carbocycles. The second-order valence-electron chi connectivity index (χ2n) is 4.32. The number of hydrogen-bond acceptors (Lipinski definition) is 3. The molecule has 0 aliphatic rings. The van der Waals surface area contributed by atoms with Gasteiger partial charge in [0.05, 0.1) is 12.7 Å². The Balaban J connectivity index is 2.30. The number of benzene rings is 2. The minimum absolute atomic E-state index is 0.180. The number of hydrogen-bond donors (Lipinski definition) is 0. The number of halogens is 3. The third-order valence-electron chi connectivity index (χ3n) is 3.02. The molecule has 1 heterocycles. The van der Waals surface area contributed by atoms with E-state index in [1.54, 1.807) is 25.3 Å². The van der Waals surface area contributed by atoms with E-state index in [0.717, 1.165) is 0 Å². The molecule has 1 aromatic heterocycles. The van der Waals surface area contributed by atoms with Gasteiger partial charge >= 0.3 is 0 Å². The molecule has 0 unspecified atom stereocenters. The Morgan fingerprint density at radius 1 is 1.19 bits per heavy atom. The van der Waals surface area contributed by atoms with E-state index in [1.807, 2.05) is 12.1 Å². The van der Waals surface area contributed by atoms with Crippen molar-refractivity contribution in [1.29, 1.82) is 0 Å². The van der Waals surface area contributed by atoms with Gasteiger partial charge in [-0.05, 0) is 24.3 Å². The lowest BCUT2D eigenvalue weighted by atomic mass is 10.1. The molecule has 0 bridgehead atoms. The van der Waals surface area contributed by atoms with Gasteiger partial charge in [-0.15, -0.1) is 0 Å². The fraction of sp³-hybridized carbons (Fsp3) is 0.0667. The molecule has 0 N–H and O–H groups in total. The van der Waals surface area contributed by atoms with Crippen molar-refractivity contribution in [3.8, 4) is 17.1 Å². The van der Waals surface area contributed by atoms with Crippen LogP contribution in [0.5, 0.6) is 5.75 Å². The van der Waals surface area contributed by atoms with Crippen molar-refractivity contribution >= 4 is 38.4 Å². The molecule has 3 nitrogen and oxygen atoms in total. The molecule has 0 fully saturated rings. The van der Waals surface area contributed by atoms with Crippen LogP contribution in [0.1, 0.15) is 0 Å². The molecule has 0 saturated heterocycles. The summed E-state index contributed by atoms with van der Waals surface area (Å²) in [6.45, 7) is 0. The monoisotopic (exact) mass is 366 g/mol. The van der Waals surface area contributed by atoms with Gasteiger partial charge in [-0.2, -0.15) is 0 Å². The highest BCUT2D eigenvalue weighted by Crippen LogP contribution is 2.32. The molecule has 0 spiro atoms. The van der Waals surface area contributed by atoms with E-state index in [1.165, 1.54) is 6.07 Å². The lowest BCUT2D eigenvalue weighted by Crippen LogP contribution is -1.96. The van der Waals surface area contributed by atoms with Crippen LogP contribution < -0.4 is 4.74 Å². The molecular weight excluding hydrogens is 359 g/mol. The molecule has 0 saturated carbocycles. The molecule has 106 valence electrons. The molecule has 3 aromatic rings. The van der Waals surface area contributed by atoms with Gasteiger partial charge < -0.3 is 4.74 Å². The lowest BCUT2D eigenvalue weighted by Gasteiger charge is -2.09. The van der Waals surface area contributed by atoms with E-state index in [-0.39, 0.29) is 10.7 Å². The average molecular weight is 368 g/mol. The summed E-state index contributed by atoms with van der Waals surface area (Å²) >= 11 is 9.40. The summed E-state index contributed by atoms with van der Waals surface area (Å²) in [4.78, 5) is 8.53. The third kappa shape index (κ3) is 2.59. The number of rotatable bonds is 2. The average Bonchev–Trinajstić information content (AvgIpc) is 2.48. The lowest BCUT2D eigenvalue weighted by molar-refractivity contribution is 0.416. The zero-order chi connectivity index (χ0) is 15.0. The first kappa shape index (κ1) is 14.2. The Kier molecular flexibility index (Phi) is 3.78. The number of aromatic nitrogens is 2. The summed E-state index contributed by atoms with van der Waals surface area (Å²) in [5.74, 6) is 0.469. The topological polar surface area (TPSA) is 35.0 Å². The van der Waals surface area contributed by atoms with Crippen LogP contribution in [0.15, 0.2) is 40.9 Å². The number of fused-ring (bicyclic) bond motifs is 1. The molecule has 0 amide bonds. The second-order valence-corrected chi connectivity index (χ2v) is 5.60. The summed E-state index contributed by atoms with van der Waals surface area (Å²) in [6.07, 6.45) is 0. The van der Waals surface area contributed by atoms with E-state index in [4.69, 9.17) is 16.3 Å². The minimum atomic E-state index is -0.458. The molecule has 0 atom stereocenters. The summed E-state index contributed by atoms with van der Waals surface area (Å²) < 4.78 is 20.0. The standard InChI is InChI=1S/C15H9BrClFN2O/c1-21-12-5-3-2-4-9(12)15-19-13-10(14(17)20-15)6-8(16)7-11(13)18/h2-7H,1H3. The Morgan fingerprint density at radius 2 is 1.95 bits per heavy atom. The molecule has 0 radical (unpaired) electrons. The zero-order valence-electron chi connectivity index (χ0n) is 10.9. The molecular formula is C15H9BrClFN2O. The van der Waals surface area contributed by atoms with Gasteiger partial charge in [0.1, 0.15) is 16.4 Å². The van der Waals surface area contributed by atoms with Gasteiger partial charge in [0.25, 0.3) is 0 Å². The SMILES string of the molecule is COc1ccccc1-c1nc(Cl)c2cc(Br)cc(F)c2n1. The van der Waals surface area contributed by atoms with Gasteiger partial charge in [-0.1, -0.05) is 39.7 Å². The number of nitrogens with zero attached hydrogens (tertiary/aromatic N) is 2. The van der Waals surface area contributed by atoms with Crippen molar-refractivity contribution < 1.29 is 9.13 Å². The Hall–Kier alpha value is -1.72. The van der Waals surface area contributed by atoms with Crippen LogP contribution in [0, 0.1) is 5.82 Å². The van der Waals surface area contributed by atoms with Crippen molar-refractivity contribution in [1.82, 2.24) is 9.97 Å². The third-order valence-corrected chi connectivity index (χ3v) is 3.77. The largest absolute Gasteiger partial charge is 0.496 e. The van der Waals surface area contributed by atoms with Crippen LogP contribution in [0.25, 0.3) is 22.3 Å². The van der Waals surface area contributed by atoms with Gasteiger partial charge in [-0.3, -0.25) is 0 Å². The van der Waals surface area contributed by atoms with Crippen molar-refractivity contribution in [2.75, 3.05) is 7.11 Å². The van der Waals surface area contributed by atoms with Crippen molar-refractivity contribution in [3.63, 3.8) is 0 Å². The second kappa shape index (κ2) is 5.58. The maximum Gasteiger partial charge on any atom is 0.165 e. The fourth-order valence-electron chi connectivity index (χ4n) is 2.07. The van der Waals surface area contributed by atoms with Crippen molar-refractivity contribution in [2.45, 2.75) is 0 Å². The Labute approximate surface area is 133 Å². The van der Waals surface area contributed by atoms with Crippen molar-refractivity contribution in [3.05, 3.63) is 51.8 Å². The predicted octanol–water partition coefficient (Wildman–Crippen LogP) is 4.86. The smallest absolute Gasteiger partial charge is 0.165 e. The first-order chi connectivity index (χ1) is 10.1. The van der Waals surface area contributed by atoms with Crippen LogP contribution in [-0.2, 0) is 0 Å². The summed E-state index contributed by atoms with van der Waals surface area (Å²) in [5.41, 5.74) is 0.838. The van der Waals surface area contributed by atoms with E-state index < -0.39 is 5.82 Å². The normalized spacial score (nSPS) is 10.9. The minimum Gasteiger partial charge on any atom is -0.496 e. The zero-order valence-corrected chi connectivity index (χ0v) is 13.2. The van der Waals surface area contributed by atoms with E-state index >= 15 is 0 Å². The highest BCUT2D eigenvalue weighted by atomic mass is 79.9. The van der Waals surface area contributed by atoms with E-state index in [2.05, 4.69) is 25.9 Å². The molecule has 0 aliphatic heterocycles. The quantitative estimate of drug-likeness (QED) is 0.607. The predicted molar refractivity (Wildman–Crippen MR) is 84.2 cm³/mol. The maximum absolute atomic E-state index is 14.1. The van der Waals surface area contributed by atoms with Crippen LogP contribution in [0.4, 0.5) is 4.39 Å². The van der Waals surface area contributed by atoms with Gasteiger partial charge in [-0.25, -0.2) is 14.4 Å². The highest BCUT2D eigenvalue weighted by Gasteiger charge is 2.14. The number of methoxy groups -OCH3 is 1. The summed E-state index contributed by atoms with van der Waals surface area (Å²) in [5, 5.41) is 0.656. The number of para-hydroxylation sites is 1. The van der Waals surface area contributed by atoms with Crippen LogP contribution in [0.3, 0.4) is 0 Å². The maximum atomic E-state index is 14.1. The fourth-order valence-corrected chi connectivity index (χ4v) is 2.72. The molecule has 0 aliphatic carbocycles. The first-order valence-electron chi connectivity index (χ1n) is 6.06. The van der Waals surface area contributed by atoms with Gasteiger partial charge in [0.2, 0.25) is 0 Å². The van der Waals surface area contributed by atoms with Crippen LogP contribution >= 0.6 is 27.5 Å². The molecule has 21 heavy (non-hydrogen) atoms. The highest BCUT2D eigenvalue weighted by molar-refractivity contribution is 9.10. The van der Waals surface area contributed by atoms with E-state index in [9.17, 15) is 4.39 Å². The van der Waals surface area contributed by atoms with Crippen molar-refractivity contribution in [2.24, 2.45) is 0 Å². The first-order valence-corrected chi connectivity index (χ1v) is 7.23.